The number of nitrogens with zero attached hydrogens (tertiary/aromatic N) is 3. The van der Waals surface area contributed by atoms with E-state index in [9.17, 15) is 0 Å². The van der Waals surface area contributed by atoms with Crippen LogP contribution in [0.15, 0.2) is 41.9 Å². The van der Waals surface area contributed by atoms with Crippen molar-refractivity contribution < 1.29 is 0 Å². The molecule has 4 aromatic rings. The molecule has 0 bridgehead atoms. The van der Waals surface area contributed by atoms with Crippen LogP contribution in [0.4, 0.5) is 5.82 Å². The minimum absolute atomic E-state index is 0.295. The van der Waals surface area contributed by atoms with Crippen LogP contribution in [-0.4, -0.2) is 15.0 Å². The molecule has 0 radical (unpaired) electrons. The molecule has 2 aromatic heterocycles. The molecule has 4 nitrogen and oxygen atoms in total. The summed E-state index contributed by atoms with van der Waals surface area (Å²) in [4.78, 5) is 13.8. The van der Waals surface area contributed by atoms with Crippen LogP contribution in [0.1, 0.15) is 47.0 Å². The van der Waals surface area contributed by atoms with E-state index in [4.69, 9.17) is 9.97 Å². The van der Waals surface area contributed by atoms with Crippen LogP contribution in [0, 0.1) is 20.8 Å². The fraction of sp³-hybridized carbons (Fsp3) is 0.292. The van der Waals surface area contributed by atoms with E-state index in [1.165, 1.54) is 39.8 Å². The summed E-state index contributed by atoms with van der Waals surface area (Å²) < 4.78 is 1.18. The topological polar surface area (TPSA) is 50.7 Å². The Bertz CT molecular complexity index is 1210. The second kappa shape index (κ2) is 7.23. The maximum absolute atomic E-state index is 4.69. The molecule has 1 aliphatic rings. The Kier molecular flexibility index (Phi) is 4.55. The fourth-order valence-corrected chi connectivity index (χ4v) is 5.17. The summed E-state index contributed by atoms with van der Waals surface area (Å²) in [5.74, 6) is 1.68. The van der Waals surface area contributed by atoms with E-state index in [1.807, 2.05) is 12.4 Å². The lowest BCUT2D eigenvalue weighted by atomic mass is 9.84. The van der Waals surface area contributed by atoms with Gasteiger partial charge in [0.05, 0.1) is 27.5 Å². The molecule has 5 rings (SSSR count). The molecule has 2 heterocycles. The molecule has 1 unspecified atom stereocenters. The van der Waals surface area contributed by atoms with Gasteiger partial charge < -0.3 is 5.32 Å². The average molecular weight is 401 g/mol. The average Bonchev–Trinajstić information content (AvgIpc) is 3.16. The van der Waals surface area contributed by atoms with Gasteiger partial charge in [-0.2, -0.15) is 0 Å². The van der Waals surface area contributed by atoms with Crippen LogP contribution in [-0.2, 0) is 6.42 Å². The van der Waals surface area contributed by atoms with E-state index in [-0.39, 0.29) is 0 Å². The zero-order valence-electron chi connectivity index (χ0n) is 17.0. The van der Waals surface area contributed by atoms with Gasteiger partial charge in [-0.1, -0.05) is 23.8 Å². The highest BCUT2D eigenvalue weighted by molar-refractivity contribution is 7.16. The highest BCUT2D eigenvalue weighted by atomic mass is 32.1. The Labute approximate surface area is 175 Å². The summed E-state index contributed by atoms with van der Waals surface area (Å²) in [7, 11) is 0. The zero-order valence-corrected chi connectivity index (χ0v) is 17.8. The Morgan fingerprint density at radius 3 is 2.83 bits per heavy atom. The number of hydrogen-bond donors (Lipinski definition) is 1. The second-order valence-corrected chi connectivity index (χ2v) is 8.85. The molecular formula is C24H24N4S. The summed E-state index contributed by atoms with van der Waals surface area (Å²) in [6.45, 7) is 6.38. The normalized spacial score (nSPS) is 16.0. The number of fused-ring (bicyclic) bond motifs is 2. The van der Waals surface area contributed by atoms with E-state index in [0.717, 1.165) is 34.8 Å². The minimum atomic E-state index is 0.295. The Balaban J connectivity index is 1.50. The predicted molar refractivity (Wildman–Crippen MR) is 121 cm³/mol. The number of hydrogen-bond acceptors (Lipinski definition) is 5. The summed E-state index contributed by atoms with van der Waals surface area (Å²) >= 11 is 1.66. The van der Waals surface area contributed by atoms with Crippen molar-refractivity contribution in [2.75, 3.05) is 5.32 Å². The molecule has 1 N–H and O–H groups in total. The quantitative estimate of drug-likeness (QED) is 0.447. The van der Waals surface area contributed by atoms with E-state index in [0.29, 0.717) is 6.04 Å². The Morgan fingerprint density at radius 2 is 1.93 bits per heavy atom. The number of anilines is 1. The monoisotopic (exact) mass is 400 g/mol. The number of thiazole rings is 1. The predicted octanol–water partition coefficient (Wildman–Crippen LogP) is 6.17. The molecule has 2 aromatic carbocycles. The lowest BCUT2D eigenvalue weighted by molar-refractivity contribution is 0.595. The molecular weight excluding hydrogens is 376 g/mol. The Hall–Kier alpha value is -2.79. The van der Waals surface area contributed by atoms with Crippen LogP contribution >= 0.6 is 11.3 Å². The lowest BCUT2D eigenvalue weighted by Gasteiger charge is -2.29. The van der Waals surface area contributed by atoms with Crippen LogP contribution in [0.3, 0.4) is 0 Å². The molecule has 0 aliphatic heterocycles. The molecule has 1 aliphatic carbocycles. The van der Waals surface area contributed by atoms with Crippen LogP contribution in [0.2, 0.25) is 0 Å². The molecule has 146 valence electrons. The highest BCUT2D eigenvalue weighted by Gasteiger charge is 2.22. The number of benzene rings is 2. The fourth-order valence-electron chi connectivity index (χ4n) is 4.45. The van der Waals surface area contributed by atoms with Gasteiger partial charge in [0.25, 0.3) is 0 Å². The van der Waals surface area contributed by atoms with E-state index < -0.39 is 0 Å². The van der Waals surface area contributed by atoms with Crippen LogP contribution in [0.25, 0.3) is 21.5 Å². The third-order valence-electron chi connectivity index (χ3n) is 5.73. The maximum atomic E-state index is 4.69. The third-order valence-corrected chi connectivity index (χ3v) is 6.53. The summed E-state index contributed by atoms with van der Waals surface area (Å²) in [5.41, 5.74) is 10.6. The van der Waals surface area contributed by atoms with Crippen molar-refractivity contribution in [1.82, 2.24) is 15.0 Å². The maximum Gasteiger partial charge on any atom is 0.130 e. The van der Waals surface area contributed by atoms with Gasteiger partial charge in [-0.05, 0) is 68.9 Å². The van der Waals surface area contributed by atoms with E-state index in [2.05, 4.69) is 60.5 Å². The van der Waals surface area contributed by atoms with Crippen molar-refractivity contribution in [1.29, 1.82) is 0 Å². The van der Waals surface area contributed by atoms with Crippen molar-refractivity contribution in [2.45, 2.75) is 46.1 Å². The summed E-state index contributed by atoms with van der Waals surface area (Å²) in [6.07, 6.45) is 3.50. The van der Waals surface area contributed by atoms with E-state index >= 15 is 0 Å². The van der Waals surface area contributed by atoms with E-state index in [1.54, 1.807) is 11.3 Å². The highest BCUT2D eigenvalue weighted by Crippen LogP contribution is 2.35. The first-order valence-electron chi connectivity index (χ1n) is 10.1. The van der Waals surface area contributed by atoms with Crippen molar-refractivity contribution in [3.05, 3.63) is 70.0 Å². The molecule has 0 spiro atoms. The first-order chi connectivity index (χ1) is 14.1. The van der Waals surface area contributed by atoms with Gasteiger partial charge in [-0.25, -0.2) is 15.0 Å². The number of aromatic nitrogens is 3. The minimum Gasteiger partial charge on any atom is -0.363 e. The molecule has 0 saturated carbocycles. The van der Waals surface area contributed by atoms with Gasteiger partial charge in [-0.15, -0.1) is 11.3 Å². The van der Waals surface area contributed by atoms with Gasteiger partial charge in [-0.3, -0.25) is 0 Å². The van der Waals surface area contributed by atoms with Crippen molar-refractivity contribution in [2.24, 2.45) is 0 Å². The van der Waals surface area contributed by atoms with Crippen molar-refractivity contribution >= 4 is 27.4 Å². The van der Waals surface area contributed by atoms with Crippen molar-refractivity contribution in [3.63, 3.8) is 0 Å². The molecule has 5 heteroatoms. The SMILES string of the molecule is Cc1cc(C)c2c(c1)C(Nc1cc(-c3ccc4ncsc4c3)nc(C)n1)CCC2. The first kappa shape index (κ1) is 18.3. The Morgan fingerprint density at radius 1 is 1.03 bits per heavy atom. The van der Waals surface area contributed by atoms with Crippen molar-refractivity contribution in [3.8, 4) is 11.3 Å². The van der Waals surface area contributed by atoms with Gasteiger partial charge in [0, 0.05) is 11.6 Å². The van der Waals surface area contributed by atoms with Gasteiger partial charge >= 0.3 is 0 Å². The third kappa shape index (κ3) is 3.51. The summed E-state index contributed by atoms with van der Waals surface area (Å²) in [6, 6.07) is 13.3. The molecule has 1 atom stereocenters. The molecule has 0 fully saturated rings. The number of nitrogens with one attached hydrogen (secondary N) is 1. The van der Waals surface area contributed by atoms with Gasteiger partial charge in [0.15, 0.2) is 0 Å². The lowest BCUT2D eigenvalue weighted by Crippen LogP contribution is -2.19. The zero-order chi connectivity index (χ0) is 20.0. The molecule has 29 heavy (non-hydrogen) atoms. The summed E-state index contributed by atoms with van der Waals surface area (Å²) in [5, 5.41) is 3.71. The second-order valence-electron chi connectivity index (χ2n) is 7.96. The molecule has 0 amide bonds. The van der Waals surface area contributed by atoms with Crippen LogP contribution in [0.5, 0.6) is 0 Å². The van der Waals surface area contributed by atoms with Crippen LogP contribution < -0.4 is 5.32 Å². The number of aryl methyl sites for hydroxylation is 3. The standard InChI is InChI=1S/C24H24N4S/c1-14-9-15(2)18-5-4-6-20(19(18)10-14)28-24-12-22(26-16(3)27-24)17-7-8-21-23(11-17)29-13-25-21/h7-13,20H,4-6H2,1-3H3,(H,26,27,28). The molecule has 0 saturated heterocycles. The number of rotatable bonds is 3. The first-order valence-corrected chi connectivity index (χ1v) is 11.0. The smallest absolute Gasteiger partial charge is 0.130 e. The van der Waals surface area contributed by atoms with Gasteiger partial charge in [0.2, 0.25) is 0 Å². The largest absolute Gasteiger partial charge is 0.363 e. The van der Waals surface area contributed by atoms with Gasteiger partial charge in [0.1, 0.15) is 11.6 Å².